The number of sulfonamides is 1. The van der Waals surface area contributed by atoms with Gasteiger partial charge in [0.25, 0.3) is 10.0 Å². The number of rotatable bonds is 11. The van der Waals surface area contributed by atoms with E-state index < -0.39 is 22.0 Å². The Kier molecular flexibility index (Phi) is 9.34. The van der Waals surface area contributed by atoms with Crippen molar-refractivity contribution in [1.29, 1.82) is 0 Å². The number of carbonyl (C=O) groups excluding carboxylic acids is 2. The van der Waals surface area contributed by atoms with Crippen LogP contribution >= 0.6 is 0 Å². The molecule has 8 heteroatoms. The number of hydrogen-bond donors (Lipinski definition) is 2. The molecule has 2 aromatic carbocycles. The van der Waals surface area contributed by atoms with E-state index in [1.165, 1.54) is 37.5 Å². The first kappa shape index (κ1) is 23.4. The highest BCUT2D eigenvalue weighted by atomic mass is 32.2. The molecule has 162 valence electrons. The lowest BCUT2D eigenvalue weighted by atomic mass is 10.1. The van der Waals surface area contributed by atoms with Gasteiger partial charge in [-0.3, -0.25) is 0 Å². The summed E-state index contributed by atoms with van der Waals surface area (Å²) in [5, 5.41) is 2.42. The van der Waals surface area contributed by atoms with E-state index in [0.717, 1.165) is 19.3 Å². The van der Waals surface area contributed by atoms with Crippen molar-refractivity contribution < 1.29 is 22.7 Å². The highest BCUT2D eigenvalue weighted by Crippen LogP contribution is 2.13. The number of benzene rings is 2. The van der Waals surface area contributed by atoms with Gasteiger partial charge in [-0.05, 0) is 36.8 Å². The number of urea groups is 1. The predicted octanol–water partition coefficient (Wildman–Crippen LogP) is 4.71. The molecule has 0 unspecified atom stereocenters. The van der Waals surface area contributed by atoms with Crippen LogP contribution in [-0.4, -0.2) is 27.0 Å². The second-order valence-corrected chi connectivity index (χ2v) is 8.54. The van der Waals surface area contributed by atoms with Crippen molar-refractivity contribution in [3.05, 3.63) is 60.2 Å². The molecule has 0 bridgehead atoms. The fraction of sp³-hybridized carbons (Fsp3) is 0.364. The molecule has 0 saturated heterocycles. The Bertz CT molecular complexity index is 930. The first-order valence-corrected chi connectivity index (χ1v) is 11.6. The SMILES string of the molecule is CCCCCCCCOC(=O)c1cccc(NC(=O)NS(=O)(=O)c2ccccc2)c1. The molecule has 2 N–H and O–H groups in total. The van der Waals surface area contributed by atoms with Gasteiger partial charge in [0, 0.05) is 5.69 Å². The third-order valence-corrected chi connectivity index (χ3v) is 5.71. The van der Waals surface area contributed by atoms with Crippen molar-refractivity contribution in [3.63, 3.8) is 0 Å². The van der Waals surface area contributed by atoms with Gasteiger partial charge in [-0.2, -0.15) is 0 Å². The molecule has 0 aliphatic rings. The van der Waals surface area contributed by atoms with Crippen molar-refractivity contribution in [2.45, 2.75) is 50.3 Å². The Morgan fingerprint density at radius 3 is 2.33 bits per heavy atom. The Balaban J connectivity index is 1.84. The molecule has 0 aromatic heterocycles. The summed E-state index contributed by atoms with van der Waals surface area (Å²) in [6, 6.07) is 12.8. The summed E-state index contributed by atoms with van der Waals surface area (Å²) in [6.07, 6.45) is 6.57. The first-order chi connectivity index (χ1) is 14.4. The number of esters is 1. The van der Waals surface area contributed by atoms with Gasteiger partial charge in [-0.15, -0.1) is 0 Å². The first-order valence-electron chi connectivity index (χ1n) is 10.1. The molecule has 2 aromatic rings. The highest BCUT2D eigenvalue weighted by molar-refractivity contribution is 7.90. The minimum Gasteiger partial charge on any atom is -0.462 e. The van der Waals surface area contributed by atoms with Crippen LogP contribution < -0.4 is 10.0 Å². The van der Waals surface area contributed by atoms with Crippen LogP contribution in [0.15, 0.2) is 59.5 Å². The van der Waals surface area contributed by atoms with Gasteiger partial charge in [0.15, 0.2) is 0 Å². The van der Waals surface area contributed by atoms with Crippen LogP contribution in [0.2, 0.25) is 0 Å². The predicted molar refractivity (Wildman–Crippen MR) is 116 cm³/mol. The molecule has 0 radical (unpaired) electrons. The summed E-state index contributed by atoms with van der Waals surface area (Å²) in [7, 11) is -3.98. The van der Waals surface area contributed by atoms with E-state index in [0.29, 0.717) is 6.61 Å². The zero-order chi connectivity index (χ0) is 21.8. The summed E-state index contributed by atoms with van der Waals surface area (Å²) in [5.41, 5.74) is 0.564. The number of nitrogens with one attached hydrogen (secondary N) is 2. The maximum atomic E-state index is 12.2. The lowest BCUT2D eigenvalue weighted by Crippen LogP contribution is -2.34. The lowest BCUT2D eigenvalue weighted by Gasteiger charge is -2.10. The largest absolute Gasteiger partial charge is 0.462 e. The monoisotopic (exact) mass is 432 g/mol. The second-order valence-electron chi connectivity index (χ2n) is 6.86. The molecular weight excluding hydrogens is 404 g/mol. The molecule has 0 heterocycles. The number of hydrogen-bond acceptors (Lipinski definition) is 5. The van der Waals surface area contributed by atoms with Gasteiger partial charge in [-0.25, -0.2) is 22.7 Å². The zero-order valence-electron chi connectivity index (χ0n) is 17.1. The molecule has 2 amide bonds. The summed E-state index contributed by atoms with van der Waals surface area (Å²) >= 11 is 0. The Hall–Kier alpha value is -2.87. The number of ether oxygens (including phenoxy) is 1. The third kappa shape index (κ3) is 7.87. The van der Waals surface area contributed by atoms with Crippen LogP contribution in [0.4, 0.5) is 10.5 Å². The van der Waals surface area contributed by atoms with Crippen LogP contribution in [0.5, 0.6) is 0 Å². The molecular formula is C22H28N2O5S. The van der Waals surface area contributed by atoms with E-state index in [1.54, 1.807) is 36.4 Å². The van der Waals surface area contributed by atoms with Crippen molar-refractivity contribution in [1.82, 2.24) is 4.72 Å². The minimum absolute atomic E-state index is 0.0211. The van der Waals surface area contributed by atoms with E-state index in [4.69, 9.17) is 4.74 Å². The van der Waals surface area contributed by atoms with Crippen LogP contribution in [0.3, 0.4) is 0 Å². The number of amides is 2. The normalized spacial score (nSPS) is 11.0. The van der Waals surface area contributed by atoms with Crippen LogP contribution in [0.1, 0.15) is 55.8 Å². The van der Waals surface area contributed by atoms with Crippen molar-refractivity contribution in [2.75, 3.05) is 11.9 Å². The summed E-state index contributed by atoms with van der Waals surface area (Å²) in [5.74, 6) is -0.482. The molecule has 0 saturated carbocycles. The van der Waals surface area contributed by atoms with Crippen LogP contribution in [0.25, 0.3) is 0 Å². The van der Waals surface area contributed by atoms with Gasteiger partial charge in [0.1, 0.15) is 0 Å². The third-order valence-electron chi connectivity index (χ3n) is 4.37. The molecule has 0 aliphatic heterocycles. The molecule has 0 aliphatic carbocycles. The molecule has 0 fully saturated rings. The van der Waals surface area contributed by atoms with Crippen molar-refractivity contribution in [3.8, 4) is 0 Å². The van der Waals surface area contributed by atoms with Crippen LogP contribution in [0, 0.1) is 0 Å². The van der Waals surface area contributed by atoms with Crippen molar-refractivity contribution >= 4 is 27.7 Å². The molecule has 0 atom stereocenters. The topological polar surface area (TPSA) is 102 Å². The highest BCUT2D eigenvalue weighted by Gasteiger charge is 2.17. The summed E-state index contributed by atoms with van der Waals surface area (Å²) in [6.45, 7) is 2.51. The lowest BCUT2D eigenvalue weighted by molar-refractivity contribution is 0.0497. The second kappa shape index (κ2) is 12.0. The van der Waals surface area contributed by atoms with E-state index in [-0.39, 0.29) is 16.1 Å². The standard InChI is InChI=1S/C22H28N2O5S/c1-2-3-4-5-6-10-16-29-21(25)18-12-11-13-19(17-18)23-22(26)24-30(27,28)20-14-8-7-9-15-20/h7-9,11-15,17H,2-6,10,16H2,1H3,(H2,23,24,26). The fourth-order valence-electron chi connectivity index (χ4n) is 2.79. The van der Waals surface area contributed by atoms with E-state index >= 15 is 0 Å². The average Bonchev–Trinajstić information content (AvgIpc) is 2.73. The van der Waals surface area contributed by atoms with Crippen molar-refractivity contribution in [2.24, 2.45) is 0 Å². The minimum atomic E-state index is -3.98. The quantitative estimate of drug-likeness (QED) is 0.395. The Morgan fingerprint density at radius 2 is 1.60 bits per heavy atom. The Labute approximate surface area is 177 Å². The van der Waals surface area contributed by atoms with E-state index in [9.17, 15) is 18.0 Å². The van der Waals surface area contributed by atoms with Gasteiger partial charge in [0.2, 0.25) is 0 Å². The van der Waals surface area contributed by atoms with Crippen LogP contribution in [-0.2, 0) is 14.8 Å². The molecule has 0 spiro atoms. The molecule has 2 rings (SSSR count). The summed E-state index contributed by atoms with van der Waals surface area (Å²) < 4.78 is 31.6. The number of unbranched alkanes of at least 4 members (excludes halogenated alkanes) is 5. The zero-order valence-corrected chi connectivity index (χ0v) is 17.9. The van der Waals surface area contributed by atoms with Gasteiger partial charge < -0.3 is 10.1 Å². The Morgan fingerprint density at radius 1 is 0.900 bits per heavy atom. The molecule has 30 heavy (non-hydrogen) atoms. The number of anilines is 1. The van der Waals surface area contributed by atoms with E-state index in [2.05, 4.69) is 12.2 Å². The van der Waals surface area contributed by atoms with Gasteiger partial charge >= 0.3 is 12.0 Å². The average molecular weight is 433 g/mol. The fourth-order valence-corrected chi connectivity index (χ4v) is 3.72. The maximum absolute atomic E-state index is 12.2. The maximum Gasteiger partial charge on any atom is 0.338 e. The van der Waals surface area contributed by atoms with Gasteiger partial charge in [0.05, 0.1) is 17.1 Å². The van der Waals surface area contributed by atoms with E-state index in [1.807, 2.05) is 4.72 Å². The summed E-state index contributed by atoms with van der Waals surface area (Å²) in [4.78, 5) is 24.2. The smallest absolute Gasteiger partial charge is 0.338 e. The number of carbonyl (C=O) groups is 2. The van der Waals surface area contributed by atoms with Gasteiger partial charge in [-0.1, -0.05) is 63.3 Å². The molecule has 7 nitrogen and oxygen atoms in total.